The molecule has 0 amide bonds. The summed E-state index contributed by atoms with van der Waals surface area (Å²) in [7, 11) is 0. The maximum Gasteiger partial charge on any atom is 0.0343 e. The molecule has 0 fully saturated rings. The summed E-state index contributed by atoms with van der Waals surface area (Å²) < 4.78 is 0. The molecule has 2 rings (SSSR count). The number of rotatable bonds is 0. The largest absolute Gasteiger partial charge is 0.264 e. The van der Waals surface area contributed by atoms with Crippen LogP contribution in [0.15, 0.2) is 23.3 Å². The highest BCUT2D eigenvalue weighted by atomic mass is 14.7. The highest BCUT2D eigenvalue weighted by Crippen LogP contribution is 2.20. The van der Waals surface area contributed by atoms with Crippen molar-refractivity contribution in [3.8, 4) is 0 Å². The van der Waals surface area contributed by atoms with Crippen LogP contribution < -0.4 is 0 Å². The van der Waals surface area contributed by atoms with E-state index >= 15 is 0 Å². The molecular formula is C11H11N. The Morgan fingerprint density at radius 2 is 2.00 bits per heavy atom. The fourth-order valence-corrected chi connectivity index (χ4v) is 1.52. The van der Waals surface area contributed by atoms with Crippen LogP contribution in [-0.4, -0.2) is 6.21 Å². The SMILES string of the molecule is Cc1ccc2c(C)c1C=CN=C2. The van der Waals surface area contributed by atoms with Crippen molar-refractivity contribution in [1.82, 2.24) is 0 Å². The number of nitrogens with zero attached hydrogens (tertiary/aromatic N) is 1. The van der Waals surface area contributed by atoms with Gasteiger partial charge in [-0.3, -0.25) is 4.99 Å². The molecule has 0 unspecified atom stereocenters. The van der Waals surface area contributed by atoms with E-state index in [1.54, 1.807) is 0 Å². The van der Waals surface area contributed by atoms with Crippen LogP contribution in [0.25, 0.3) is 6.08 Å². The first kappa shape index (κ1) is 7.29. The molecule has 12 heavy (non-hydrogen) atoms. The lowest BCUT2D eigenvalue weighted by Crippen LogP contribution is -1.91. The van der Waals surface area contributed by atoms with Gasteiger partial charge in [0.15, 0.2) is 0 Å². The maximum atomic E-state index is 4.15. The van der Waals surface area contributed by atoms with Gasteiger partial charge in [-0.15, -0.1) is 0 Å². The fourth-order valence-electron chi connectivity index (χ4n) is 1.52. The van der Waals surface area contributed by atoms with Crippen molar-refractivity contribution < 1.29 is 0 Å². The second kappa shape index (κ2) is 2.59. The summed E-state index contributed by atoms with van der Waals surface area (Å²) in [4.78, 5) is 4.15. The van der Waals surface area contributed by atoms with Gasteiger partial charge in [-0.1, -0.05) is 12.1 Å². The molecule has 0 spiro atoms. The molecule has 0 saturated heterocycles. The van der Waals surface area contributed by atoms with E-state index in [2.05, 4.69) is 37.0 Å². The molecule has 1 heterocycles. The predicted octanol–water partition coefficient (Wildman–Crippen LogP) is 2.71. The lowest BCUT2D eigenvalue weighted by Gasteiger charge is -2.05. The third-order valence-electron chi connectivity index (χ3n) is 2.32. The summed E-state index contributed by atoms with van der Waals surface area (Å²) in [5, 5.41) is 0. The fraction of sp³-hybridized carbons (Fsp3) is 0.182. The van der Waals surface area contributed by atoms with Crippen molar-refractivity contribution in [1.29, 1.82) is 0 Å². The van der Waals surface area contributed by atoms with Gasteiger partial charge < -0.3 is 0 Å². The molecule has 60 valence electrons. The van der Waals surface area contributed by atoms with E-state index in [9.17, 15) is 0 Å². The average molecular weight is 157 g/mol. The molecule has 1 heteroatoms. The molecule has 0 aromatic heterocycles. The van der Waals surface area contributed by atoms with Crippen molar-refractivity contribution in [3.05, 3.63) is 40.6 Å². The average Bonchev–Trinajstić information content (AvgIpc) is 2.16. The highest BCUT2D eigenvalue weighted by Gasteiger charge is 2.04. The Balaban J connectivity index is 2.78. The molecular weight excluding hydrogens is 146 g/mol. The number of hydrogen-bond acceptors (Lipinski definition) is 1. The minimum atomic E-state index is 1.22. The molecule has 1 aromatic rings. The van der Waals surface area contributed by atoms with Gasteiger partial charge in [0.25, 0.3) is 0 Å². The van der Waals surface area contributed by atoms with E-state index in [-0.39, 0.29) is 0 Å². The lowest BCUT2D eigenvalue weighted by molar-refractivity contribution is 1.35. The van der Waals surface area contributed by atoms with Crippen LogP contribution in [0.1, 0.15) is 22.3 Å². The number of aliphatic imine (C=N–C) groups is 1. The first-order chi connectivity index (χ1) is 5.79. The molecule has 1 aromatic carbocycles. The molecule has 1 nitrogen and oxygen atoms in total. The first-order valence-electron chi connectivity index (χ1n) is 4.09. The Labute approximate surface area is 72.5 Å². The smallest absolute Gasteiger partial charge is 0.0343 e. The Hall–Kier alpha value is -1.37. The topological polar surface area (TPSA) is 12.4 Å². The van der Waals surface area contributed by atoms with Crippen molar-refractivity contribution in [2.24, 2.45) is 4.99 Å². The summed E-state index contributed by atoms with van der Waals surface area (Å²) in [6, 6.07) is 4.25. The number of benzene rings is 1. The third kappa shape index (κ3) is 0.981. The van der Waals surface area contributed by atoms with Gasteiger partial charge in [0.1, 0.15) is 0 Å². The summed E-state index contributed by atoms with van der Waals surface area (Å²) in [6.07, 6.45) is 5.82. The zero-order valence-corrected chi connectivity index (χ0v) is 7.33. The van der Waals surface area contributed by atoms with Gasteiger partial charge >= 0.3 is 0 Å². The number of fused-ring (bicyclic) bond motifs is 2. The molecule has 0 atom stereocenters. The van der Waals surface area contributed by atoms with E-state index in [4.69, 9.17) is 0 Å². The van der Waals surface area contributed by atoms with Gasteiger partial charge in [0.05, 0.1) is 0 Å². The van der Waals surface area contributed by atoms with Gasteiger partial charge in [0, 0.05) is 12.4 Å². The number of aryl methyl sites for hydroxylation is 1. The van der Waals surface area contributed by atoms with Crippen LogP contribution in [0.5, 0.6) is 0 Å². The van der Waals surface area contributed by atoms with Crippen molar-refractivity contribution in [2.75, 3.05) is 0 Å². The Morgan fingerprint density at radius 3 is 2.83 bits per heavy atom. The molecule has 0 aliphatic carbocycles. The van der Waals surface area contributed by atoms with Crippen molar-refractivity contribution in [3.63, 3.8) is 0 Å². The van der Waals surface area contributed by atoms with Crippen LogP contribution in [0.4, 0.5) is 0 Å². The summed E-state index contributed by atoms with van der Waals surface area (Å²) >= 11 is 0. The molecule has 0 N–H and O–H groups in total. The van der Waals surface area contributed by atoms with Gasteiger partial charge in [0.2, 0.25) is 0 Å². The summed E-state index contributed by atoms with van der Waals surface area (Å²) in [6.45, 7) is 4.27. The first-order valence-corrected chi connectivity index (χ1v) is 4.09. The van der Waals surface area contributed by atoms with Gasteiger partial charge in [-0.25, -0.2) is 0 Å². The van der Waals surface area contributed by atoms with Crippen LogP contribution in [0.3, 0.4) is 0 Å². The summed E-state index contributed by atoms with van der Waals surface area (Å²) in [5.41, 5.74) is 5.18. The van der Waals surface area contributed by atoms with E-state index in [1.165, 1.54) is 22.3 Å². The lowest BCUT2D eigenvalue weighted by atomic mass is 9.99. The van der Waals surface area contributed by atoms with Crippen molar-refractivity contribution in [2.45, 2.75) is 13.8 Å². The van der Waals surface area contributed by atoms with E-state index in [0.29, 0.717) is 0 Å². The van der Waals surface area contributed by atoms with Crippen LogP contribution in [-0.2, 0) is 0 Å². The zero-order valence-electron chi connectivity index (χ0n) is 7.33. The van der Waals surface area contributed by atoms with Crippen LogP contribution >= 0.6 is 0 Å². The van der Waals surface area contributed by atoms with E-state index in [1.807, 2.05) is 12.4 Å². The Kier molecular flexibility index (Phi) is 1.58. The summed E-state index contributed by atoms with van der Waals surface area (Å²) in [5.74, 6) is 0. The molecule has 1 aliphatic rings. The standard InChI is InChI=1S/C11H11N/c1-8-3-4-10-7-12-6-5-11(8)9(10)2/h3-7H,1-2H3. The molecule has 0 radical (unpaired) electrons. The minimum Gasteiger partial charge on any atom is -0.264 e. The molecule has 2 bridgehead atoms. The Morgan fingerprint density at radius 1 is 1.17 bits per heavy atom. The van der Waals surface area contributed by atoms with E-state index in [0.717, 1.165) is 0 Å². The predicted molar refractivity (Wildman–Crippen MR) is 52.5 cm³/mol. The second-order valence-corrected chi connectivity index (χ2v) is 3.10. The van der Waals surface area contributed by atoms with Crippen LogP contribution in [0.2, 0.25) is 0 Å². The normalized spacial score (nSPS) is 13.2. The van der Waals surface area contributed by atoms with E-state index < -0.39 is 0 Å². The van der Waals surface area contributed by atoms with Gasteiger partial charge in [-0.2, -0.15) is 0 Å². The third-order valence-corrected chi connectivity index (χ3v) is 2.32. The highest BCUT2D eigenvalue weighted by molar-refractivity contribution is 5.86. The maximum absolute atomic E-state index is 4.15. The zero-order chi connectivity index (χ0) is 8.55. The molecule has 0 saturated carbocycles. The van der Waals surface area contributed by atoms with Crippen molar-refractivity contribution >= 4 is 12.3 Å². The van der Waals surface area contributed by atoms with Crippen LogP contribution in [0, 0.1) is 13.8 Å². The minimum absolute atomic E-state index is 1.22. The van der Waals surface area contributed by atoms with Gasteiger partial charge in [-0.05, 0) is 42.2 Å². The molecule has 1 aliphatic heterocycles. The number of hydrogen-bond donors (Lipinski definition) is 0. The second-order valence-electron chi connectivity index (χ2n) is 3.10. The quantitative estimate of drug-likeness (QED) is 0.549. The monoisotopic (exact) mass is 157 g/mol. The Bertz CT molecular complexity index is 373.